The van der Waals surface area contributed by atoms with E-state index < -0.39 is 18.6 Å². The highest BCUT2D eigenvalue weighted by atomic mass is 19.4. The first-order chi connectivity index (χ1) is 7.31. The van der Waals surface area contributed by atoms with Crippen molar-refractivity contribution in [2.24, 2.45) is 5.73 Å². The third-order valence-corrected chi connectivity index (χ3v) is 2.65. The molecule has 0 aliphatic heterocycles. The van der Waals surface area contributed by atoms with Gasteiger partial charge in [0.25, 0.3) is 0 Å². The Bertz CT molecular complexity index is 338. The average molecular weight is 231 g/mol. The van der Waals surface area contributed by atoms with E-state index in [4.69, 9.17) is 5.73 Å². The molecule has 1 aromatic rings. The summed E-state index contributed by atoms with van der Waals surface area (Å²) in [5, 5.41) is 0. The highest BCUT2D eigenvalue weighted by molar-refractivity contribution is 5.35. The van der Waals surface area contributed by atoms with Gasteiger partial charge >= 0.3 is 6.18 Å². The monoisotopic (exact) mass is 231 g/mol. The Kier molecular flexibility index (Phi) is 3.97. The number of hydrogen-bond donors (Lipinski definition) is 1. The van der Waals surface area contributed by atoms with E-state index in [-0.39, 0.29) is 6.42 Å². The Morgan fingerprint density at radius 3 is 2.12 bits per heavy atom. The maximum absolute atomic E-state index is 12.1. The SMILES string of the molecule is Cc1cccc(C)c1C(N)CCC(F)(F)F. The number of halogens is 3. The number of hydrogen-bond acceptors (Lipinski definition) is 1. The Balaban J connectivity index is 2.77. The summed E-state index contributed by atoms with van der Waals surface area (Å²) in [6.07, 6.45) is -5.02. The molecule has 16 heavy (non-hydrogen) atoms. The van der Waals surface area contributed by atoms with Gasteiger partial charge < -0.3 is 5.73 Å². The van der Waals surface area contributed by atoms with Gasteiger partial charge in [0, 0.05) is 12.5 Å². The Hall–Kier alpha value is -1.03. The van der Waals surface area contributed by atoms with E-state index in [1.54, 1.807) is 0 Å². The van der Waals surface area contributed by atoms with Crippen LogP contribution in [0.4, 0.5) is 13.2 Å². The second-order valence-electron chi connectivity index (χ2n) is 4.07. The van der Waals surface area contributed by atoms with Crippen molar-refractivity contribution >= 4 is 0 Å². The summed E-state index contributed by atoms with van der Waals surface area (Å²) in [6, 6.07) is 5.08. The summed E-state index contributed by atoms with van der Waals surface area (Å²) in [4.78, 5) is 0. The fraction of sp³-hybridized carbons (Fsp3) is 0.500. The summed E-state index contributed by atoms with van der Waals surface area (Å²) in [5.74, 6) is 0. The molecule has 1 unspecified atom stereocenters. The molecule has 0 spiro atoms. The van der Waals surface area contributed by atoms with E-state index in [1.807, 2.05) is 32.0 Å². The lowest BCUT2D eigenvalue weighted by Crippen LogP contribution is -2.17. The number of nitrogens with two attached hydrogens (primary N) is 1. The van der Waals surface area contributed by atoms with Crippen molar-refractivity contribution in [1.29, 1.82) is 0 Å². The van der Waals surface area contributed by atoms with E-state index in [9.17, 15) is 13.2 Å². The first-order valence-electron chi connectivity index (χ1n) is 5.19. The largest absolute Gasteiger partial charge is 0.389 e. The van der Waals surface area contributed by atoms with Crippen LogP contribution in [0.2, 0.25) is 0 Å². The van der Waals surface area contributed by atoms with Crippen LogP contribution in [0.3, 0.4) is 0 Å². The molecule has 1 atom stereocenters. The van der Waals surface area contributed by atoms with E-state index in [2.05, 4.69) is 0 Å². The lowest BCUT2D eigenvalue weighted by Gasteiger charge is -2.18. The van der Waals surface area contributed by atoms with E-state index in [0.717, 1.165) is 16.7 Å². The minimum Gasteiger partial charge on any atom is -0.324 e. The second-order valence-corrected chi connectivity index (χ2v) is 4.07. The molecular weight excluding hydrogens is 215 g/mol. The highest BCUT2D eigenvalue weighted by Gasteiger charge is 2.28. The lowest BCUT2D eigenvalue weighted by molar-refractivity contribution is -0.136. The van der Waals surface area contributed by atoms with E-state index in [0.29, 0.717) is 0 Å². The van der Waals surface area contributed by atoms with Crippen LogP contribution in [0.1, 0.15) is 35.6 Å². The topological polar surface area (TPSA) is 26.0 Å². The minimum atomic E-state index is -4.13. The molecule has 1 aromatic carbocycles. The van der Waals surface area contributed by atoms with Crippen molar-refractivity contribution in [1.82, 2.24) is 0 Å². The standard InChI is InChI=1S/C12H16F3N/c1-8-4-3-5-9(2)11(8)10(16)6-7-12(13,14)15/h3-5,10H,6-7,16H2,1-2H3. The minimum absolute atomic E-state index is 0.0603. The van der Waals surface area contributed by atoms with Crippen LogP contribution in [0, 0.1) is 13.8 Å². The molecule has 0 aliphatic rings. The first-order valence-corrected chi connectivity index (χ1v) is 5.19. The summed E-state index contributed by atoms with van der Waals surface area (Å²) in [6.45, 7) is 3.74. The van der Waals surface area contributed by atoms with Gasteiger partial charge in [-0.2, -0.15) is 13.2 Å². The molecule has 0 bridgehead atoms. The van der Waals surface area contributed by atoms with Gasteiger partial charge in [-0.25, -0.2) is 0 Å². The predicted molar refractivity (Wildman–Crippen MR) is 58.1 cm³/mol. The maximum atomic E-state index is 12.1. The third-order valence-electron chi connectivity index (χ3n) is 2.65. The molecule has 0 aliphatic carbocycles. The van der Waals surface area contributed by atoms with Gasteiger partial charge in [0.05, 0.1) is 0 Å². The molecule has 0 fully saturated rings. The molecule has 0 radical (unpaired) electrons. The van der Waals surface area contributed by atoms with E-state index in [1.165, 1.54) is 0 Å². The van der Waals surface area contributed by atoms with Gasteiger partial charge in [-0.1, -0.05) is 18.2 Å². The van der Waals surface area contributed by atoms with Crippen LogP contribution in [0.25, 0.3) is 0 Å². The molecule has 1 rings (SSSR count). The molecular formula is C12H16F3N. The molecule has 4 heteroatoms. The van der Waals surface area contributed by atoms with Gasteiger partial charge in [0.2, 0.25) is 0 Å². The Morgan fingerprint density at radius 2 is 1.69 bits per heavy atom. The third kappa shape index (κ3) is 3.52. The van der Waals surface area contributed by atoms with Gasteiger partial charge in [-0.3, -0.25) is 0 Å². The number of benzene rings is 1. The molecule has 0 saturated carbocycles. The van der Waals surface area contributed by atoms with Crippen LogP contribution in [-0.4, -0.2) is 6.18 Å². The summed E-state index contributed by atoms with van der Waals surface area (Å²) >= 11 is 0. The van der Waals surface area contributed by atoms with Crippen molar-refractivity contribution in [2.45, 2.75) is 38.9 Å². The van der Waals surface area contributed by atoms with Crippen molar-refractivity contribution in [3.8, 4) is 0 Å². The maximum Gasteiger partial charge on any atom is 0.389 e. The van der Waals surface area contributed by atoms with Crippen molar-refractivity contribution < 1.29 is 13.2 Å². The van der Waals surface area contributed by atoms with Crippen LogP contribution in [-0.2, 0) is 0 Å². The van der Waals surface area contributed by atoms with Gasteiger partial charge in [-0.15, -0.1) is 0 Å². The van der Waals surface area contributed by atoms with Gasteiger partial charge in [0.1, 0.15) is 0 Å². The average Bonchev–Trinajstić information content (AvgIpc) is 2.13. The quantitative estimate of drug-likeness (QED) is 0.844. The summed E-state index contributed by atoms with van der Waals surface area (Å²) < 4.78 is 36.2. The van der Waals surface area contributed by atoms with Crippen LogP contribution >= 0.6 is 0 Å². The Labute approximate surface area is 93.5 Å². The molecule has 0 saturated heterocycles. The van der Waals surface area contributed by atoms with Crippen molar-refractivity contribution in [2.75, 3.05) is 0 Å². The van der Waals surface area contributed by atoms with Gasteiger partial charge in [-0.05, 0) is 37.0 Å². The zero-order valence-corrected chi connectivity index (χ0v) is 9.43. The van der Waals surface area contributed by atoms with Crippen molar-refractivity contribution in [3.05, 3.63) is 34.9 Å². The summed E-state index contributed by atoms with van der Waals surface area (Å²) in [5.41, 5.74) is 8.55. The van der Waals surface area contributed by atoms with Crippen LogP contribution < -0.4 is 5.73 Å². The van der Waals surface area contributed by atoms with Crippen molar-refractivity contribution in [3.63, 3.8) is 0 Å². The molecule has 0 aromatic heterocycles. The molecule has 2 N–H and O–H groups in total. The lowest BCUT2D eigenvalue weighted by atomic mass is 9.94. The smallest absolute Gasteiger partial charge is 0.324 e. The predicted octanol–water partition coefficient (Wildman–Crippen LogP) is 3.65. The number of aryl methyl sites for hydroxylation is 2. The molecule has 0 heterocycles. The highest BCUT2D eigenvalue weighted by Crippen LogP contribution is 2.28. The van der Waals surface area contributed by atoms with E-state index >= 15 is 0 Å². The number of alkyl halides is 3. The molecule has 90 valence electrons. The first kappa shape index (κ1) is 13.0. The number of rotatable bonds is 3. The normalized spacial score (nSPS) is 13.9. The zero-order valence-electron chi connectivity index (χ0n) is 9.43. The van der Waals surface area contributed by atoms with Gasteiger partial charge in [0.15, 0.2) is 0 Å². The Morgan fingerprint density at radius 1 is 1.19 bits per heavy atom. The molecule has 0 amide bonds. The van der Waals surface area contributed by atoms with Crippen LogP contribution in [0.5, 0.6) is 0 Å². The fourth-order valence-electron chi connectivity index (χ4n) is 1.88. The zero-order chi connectivity index (χ0) is 12.3. The molecule has 1 nitrogen and oxygen atoms in total. The second kappa shape index (κ2) is 4.87. The fourth-order valence-corrected chi connectivity index (χ4v) is 1.88. The van der Waals surface area contributed by atoms with Crippen LogP contribution in [0.15, 0.2) is 18.2 Å². The summed E-state index contributed by atoms with van der Waals surface area (Å²) in [7, 11) is 0.